The Morgan fingerprint density at radius 3 is 2.72 bits per heavy atom. The Bertz CT molecular complexity index is 1220. The van der Waals surface area contributed by atoms with Crippen LogP contribution in [0, 0.1) is 19.7 Å². The molecule has 3 aromatic rings. The number of nitrogens with zero attached hydrogens (tertiary/aromatic N) is 4. The maximum atomic E-state index is 14.0. The van der Waals surface area contributed by atoms with E-state index in [4.69, 9.17) is 22.1 Å². The van der Waals surface area contributed by atoms with Gasteiger partial charge in [-0.05, 0) is 51.7 Å². The Hall–Kier alpha value is -2.71. The average Bonchev–Trinajstić information content (AvgIpc) is 3.33. The standard InChI is InChI=1S/C23H25ClFN5O2/c1-12-21(24)13(2)30-22(27-12)18-10-29(11-19(18)28-30)23(31)17-8-3-14(25)9-20(17)32-16-6-4-15(26)5-7-16/h3,8-9,15-16H,4-7,10-11,26H2,1-2H3/t15-,16+. The molecule has 1 aromatic carbocycles. The summed E-state index contributed by atoms with van der Waals surface area (Å²) in [4.78, 5) is 19.7. The molecule has 0 unspecified atom stereocenters. The van der Waals surface area contributed by atoms with E-state index in [-0.39, 0.29) is 23.8 Å². The number of rotatable bonds is 3. The van der Waals surface area contributed by atoms with Gasteiger partial charge in [0.1, 0.15) is 11.6 Å². The Morgan fingerprint density at radius 2 is 1.97 bits per heavy atom. The summed E-state index contributed by atoms with van der Waals surface area (Å²) in [6, 6.07) is 4.27. The van der Waals surface area contributed by atoms with E-state index in [0.717, 1.165) is 48.3 Å². The maximum absolute atomic E-state index is 14.0. The van der Waals surface area contributed by atoms with E-state index in [2.05, 4.69) is 10.1 Å². The number of amides is 1. The number of hydrogen-bond donors (Lipinski definition) is 1. The third-order valence-electron chi connectivity index (χ3n) is 6.43. The summed E-state index contributed by atoms with van der Waals surface area (Å²) >= 11 is 6.32. The third kappa shape index (κ3) is 3.61. The lowest BCUT2D eigenvalue weighted by Gasteiger charge is -2.28. The molecule has 1 amide bonds. The lowest BCUT2D eigenvalue weighted by atomic mass is 9.93. The van der Waals surface area contributed by atoms with Gasteiger partial charge in [-0.25, -0.2) is 13.9 Å². The summed E-state index contributed by atoms with van der Waals surface area (Å²) in [7, 11) is 0. The Labute approximate surface area is 190 Å². The first kappa shape index (κ1) is 21.2. The molecule has 5 rings (SSSR count). The summed E-state index contributed by atoms with van der Waals surface area (Å²) < 4.78 is 21.8. The van der Waals surface area contributed by atoms with Crippen molar-refractivity contribution >= 4 is 23.2 Å². The van der Waals surface area contributed by atoms with Crippen LogP contribution in [0.4, 0.5) is 4.39 Å². The topological polar surface area (TPSA) is 85.8 Å². The van der Waals surface area contributed by atoms with Gasteiger partial charge >= 0.3 is 0 Å². The SMILES string of the molecule is Cc1nc2c3c(nn2c(C)c1Cl)CN(C(=O)c1ccc(F)cc1O[C@H]1CC[C@@H](N)CC1)C3. The number of carbonyl (C=O) groups is 1. The van der Waals surface area contributed by atoms with Crippen molar-refractivity contribution in [2.24, 2.45) is 5.73 Å². The van der Waals surface area contributed by atoms with Crippen LogP contribution >= 0.6 is 11.6 Å². The van der Waals surface area contributed by atoms with Crippen molar-refractivity contribution in [3.05, 3.63) is 57.2 Å². The zero-order chi connectivity index (χ0) is 22.6. The van der Waals surface area contributed by atoms with Gasteiger partial charge in [-0.15, -0.1) is 0 Å². The fourth-order valence-electron chi connectivity index (χ4n) is 4.58. The second-order valence-corrected chi connectivity index (χ2v) is 9.09. The first-order chi connectivity index (χ1) is 15.3. The maximum Gasteiger partial charge on any atom is 0.258 e. The Morgan fingerprint density at radius 1 is 1.22 bits per heavy atom. The number of fused-ring (bicyclic) bond motifs is 3. The van der Waals surface area contributed by atoms with Crippen LogP contribution in [0.25, 0.3) is 5.65 Å². The molecule has 2 N–H and O–H groups in total. The highest BCUT2D eigenvalue weighted by molar-refractivity contribution is 6.31. The molecule has 0 atom stereocenters. The lowest BCUT2D eigenvalue weighted by Crippen LogP contribution is -2.32. The molecule has 2 aromatic heterocycles. The van der Waals surface area contributed by atoms with Gasteiger partial charge in [0.05, 0.1) is 46.9 Å². The molecular weight excluding hydrogens is 433 g/mol. The number of carbonyl (C=O) groups excluding carboxylic acids is 1. The number of halogens is 2. The van der Waals surface area contributed by atoms with E-state index in [9.17, 15) is 9.18 Å². The van der Waals surface area contributed by atoms with Gasteiger partial charge in [-0.1, -0.05) is 11.6 Å². The highest BCUT2D eigenvalue weighted by atomic mass is 35.5. The molecule has 0 radical (unpaired) electrons. The molecule has 1 fully saturated rings. The summed E-state index contributed by atoms with van der Waals surface area (Å²) in [6.07, 6.45) is 3.25. The largest absolute Gasteiger partial charge is 0.489 e. The second-order valence-electron chi connectivity index (χ2n) is 8.71. The molecule has 1 aliphatic carbocycles. The average molecular weight is 458 g/mol. The molecular formula is C23H25ClFN5O2. The molecule has 32 heavy (non-hydrogen) atoms. The highest BCUT2D eigenvalue weighted by Crippen LogP contribution is 2.32. The first-order valence-corrected chi connectivity index (χ1v) is 11.2. The van der Waals surface area contributed by atoms with Crippen molar-refractivity contribution in [2.75, 3.05) is 0 Å². The van der Waals surface area contributed by atoms with E-state index in [1.807, 2.05) is 13.8 Å². The van der Waals surface area contributed by atoms with E-state index in [1.165, 1.54) is 18.2 Å². The van der Waals surface area contributed by atoms with Crippen LogP contribution in [-0.2, 0) is 13.1 Å². The van der Waals surface area contributed by atoms with Gasteiger partial charge in [0, 0.05) is 17.7 Å². The molecule has 0 saturated heterocycles. The van der Waals surface area contributed by atoms with Crippen LogP contribution in [0.1, 0.15) is 58.7 Å². The van der Waals surface area contributed by atoms with E-state index in [0.29, 0.717) is 29.3 Å². The van der Waals surface area contributed by atoms with Crippen LogP contribution in [-0.4, -0.2) is 37.6 Å². The predicted octanol–water partition coefficient (Wildman–Crippen LogP) is 3.94. The minimum atomic E-state index is -0.432. The number of benzene rings is 1. The molecule has 0 spiro atoms. The van der Waals surface area contributed by atoms with Crippen LogP contribution in [0.5, 0.6) is 5.75 Å². The van der Waals surface area contributed by atoms with Gasteiger partial charge in [0.15, 0.2) is 5.65 Å². The van der Waals surface area contributed by atoms with Crippen molar-refractivity contribution in [3.8, 4) is 5.75 Å². The van der Waals surface area contributed by atoms with Crippen molar-refractivity contribution in [1.82, 2.24) is 19.5 Å². The van der Waals surface area contributed by atoms with E-state index in [1.54, 1.807) is 9.42 Å². The lowest BCUT2D eigenvalue weighted by molar-refractivity contribution is 0.0738. The molecule has 9 heteroatoms. The summed E-state index contributed by atoms with van der Waals surface area (Å²) in [6.45, 7) is 4.48. The molecule has 1 aliphatic heterocycles. The Balaban J connectivity index is 1.41. The Kier molecular flexibility index (Phi) is 5.29. The van der Waals surface area contributed by atoms with Gasteiger partial charge in [0.2, 0.25) is 0 Å². The van der Waals surface area contributed by atoms with Crippen LogP contribution in [0.2, 0.25) is 5.02 Å². The monoisotopic (exact) mass is 457 g/mol. The predicted molar refractivity (Wildman–Crippen MR) is 118 cm³/mol. The normalized spacial score (nSPS) is 20.6. The zero-order valence-electron chi connectivity index (χ0n) is 18.1. The molecule has 168 valence electrons. The molecule has 2 aliphatic rings. The summed E-state index contributed by atoms with van der Waals surface area (Å²) in [5.41, 5.74) is 10.3. The van der Waals surface area contributed by atoms with Crippen LogP contribution in [0.3, 0.4) is 0 Å². The molecule has 1 saturated carbocycles. The quantitative estimate of drug-likeness (QED) is 0.643. The van der Waals surface area contributed by atoms with Gasteiger partial charge in [-0.3, -0.25) is 4.79 Å². The number of nitrogens with two attached hydrogens (primary N) is 1. The summed E-state index contributed by atoms with van der Waals surface area (Å²) in [5, 5.41) is 5.22. The summed E-state index contributed by atoms with van der Waals surface area (Å²) in [5.74, 6) is -0.365. The fraction of sp³-hybridized carbons (Fsp3) is 0.435. The molecule has 3 heterocycles. The molecule has 7 nitrogen and oxygen atoms in total. The smallest absolute Gasteiger partial charge is 0.258 e. The van der Waals surface area contributed by atoms with Gasteiger partial charge in [0.25, 0.3) is 5.91 Å². The number of aryl methyl sites for hydroxylation is 2. The minimum Gasteiger partial charge on any atom is -0.489 e. The minimum absolute atomic E-state index is 0.0666. The first-order valence-electron chi connectivity index (χ1n) is 10.9. The fourth-order valence-corrected chi connectivity index (χ4v) is 4.71. The van der Waals surface area contributed by atoms with E-state index < -0.39 is 5.82 Å². The number of aromatic nitrogens is 3. The number of ether oxygens (including phenoxy) is 1. The van der Waals surface area contributed by atoms with Gasteiger partial charge < -0.3 is 15.4 Å². The van der Waals surface area contributed by atoms with Crippen molar-refractivity contribution in [3.63, 3.8) is 0 Å². The van der Waals surface area contributed by atoms with Crippen molar-refractivity contribution in [1.29, 1.82) is 0 Å². The van der Waals surface area contributed by atoms with Crippen LogP contribution < -0.4 is 10.5 Å². The second kappa shape index (κ2) is 8.01. The van der Waals surface area contributed by atoms with Crippen LogP contribution in [0.15, 0.2) is 18.2 Å². The number of hydrogen-bond acceptors (Lipinski definition) is 5. The molecule has 0 bridgehead atoms. The van der Waals surface area contributed by atoms with Crippen molar-refractivity contribution in [2.45, 2.75) is 64.8 Å². The highest BCUT2D eigenvalue weighted by Gasteiger charge is 2.32. The van der Waals surface area contributed by atoms with Crippen molar-refractivity contribution < 1.29 is 13.9 Å². The van der Waals surface area contributed by atoms with Gasteiger partial charge in [-0.2, -0.15) is 5.10 Å². The third-order valence-corrected chi connectivity index (χ3v) is 6.98. The van der Waals surface area contributed by atoms with E-state index >= 15 is 0 Å². The zero-order valence-corrected chi connectivity index (χ0v) is 18.8.